The third-order valence-corrected chi connectivity index (χ3v) is 10.5. The van der Waals surface area contributed by atoms with E-state index in [9.17, 15) is 19.2 Å². The van der Waals surface area contributed by atoms with Crippen LogP contribution in [0.25, 0.3) is 21.5 Å². The number of hydrogen-bond acceptors (Lipinski definition) is 6. The van der Waals surface area contributed by atoms with Gasteiger partial charge >= 0.3 is 0 Å². The molecule has 8 rings (SSSR count). The first-order valence-corrected chi connectivity index (χ1v) is 19.0. The zero-order valence-corrected chi connectivity index (χ0v) is 31.5. The highest BCUT2D eigenvalue weighted by Gasteiger charge is 2.37. The van der Waals surface area contributed by atoms with E-state index >= 15 is 0 Å². The molecule has 6 aromatic rings. The molecule has 0 aliphatic carbocycles. The number of hydrogen-bond donors (Lipinski definition) is 2. The number of fused-ring (bicyclic) bond motifs is 2. The Kier molecular flexibility index (Phi) is 10.4. The number of rotatable bonds is 6. The van der Waals surface area contributed by atoms with Crippen LogP contribution in [0.5, 0.6) is 0 Å². The lowest BCUT2D eigenvalue weighted by Crippen LogP contribution is -2.43. The average Bonchev–Trinajstić information content (AvgIpc) is 3.91. The normalized spacial score (nSPS) is 16.4. The molecule has 0 spiro atoms. The van der Waals surface area contributed by atoms with Gasteiger partial charge in [-0.1, -0.05) is 83.6 Å². The second-order valence-electron chi connectivity index (χ2n) is 13.7. The van der Waals surface area contributed by atoms with Crippen molar-refractivity contribution in [2.24, 2.45) is 0 Å². The predicted octanol–water partition coefficient (Wildman–Crippen LogP) is 7.98. The topological polar surface area (TPSA) is 125 Å². The molecule has 2 saturated heterocycles. The molecule has 2 fully saturated rings. The number of halogens is 2. The van der Waals surface area contributed by atoms with Crippen molar-refractivity contribution in [1.29, 1.82) is 0 Å². The van der Waals surface area contributed by atoms with E-state index in [4.69, 9.17) is 23.2 Å². The van der Waals surface area contributed by atoms with Gasteiger partial charge in [0.2, 0.25) is 11.8 Å². The molecular weight excluding hydrogens is 747 g/mol. The van der Waals surface area contributed by atoms with Crippen LogP contribution in [0.1, 0.15) is 57.8 Å². The van der Waals surface area contributed by atoms with Gasteiger partial charge in [-0.05, 0) is 97.1 Å². The predicted molar refractivity (Wildman–Crippen MR) is 218 cm³/mol. The summed E-state index contributed by atoms with van der Waals surface area (Å²) >= 11 is 12.5. The SMILES string of the molecule is O=C(Nc1ccc(C#Cc2ccc(NC(=O)[C@@H]3CCCN3C(=O)c3nc(Cl)cc4ccccc34)cc2)cc1)[C@H]1CCCN1C(=O)c1nc(Cl)cc2ccccc12. The van der Waals surface area contributed by atoms with Gasteiger partial charge < -0.3 is 20.4 Å². The zero-order chi connectivity index (χ0) is 38.8. The minimum atomic E-state index is -0.638. The molecule has 12 heteroatoms. The highest BCUT2D eigenvalue weighted by atomic mass is 35.5. The Bertz CT molecular complexity index is 2410. The number of nitrogens with zero attached hydrogens (tertiary/aromatic N) is 4. The third-order valence-electron chi connectivity index (χ3n) is 10.1. The van der Waals surface area contributed by atoms with Crippen LogP contribution in [-0.4, -0.2) is 68.6 Å². The largest absolute Gasteiger partial charge is 0.325 e. The van der Waals surface area contributed by atoms with Crippen molar-refractivity contribution < 1.29 is 19.2 Å². The highest BCUT2D eigenvalue weighted by molar-refractivity contribution is 6.31. The maximum atomic E-state index is 13.6. The van der Waals surface area contributed by atoms with Crippen LogP contribution < -0.4 is 10.6 Å². The first-order valence-electron chi connectivity index (χ1n) is 18.3. The lowest BCUT2D eigenvalue weighted by atomic mass is 10.1. The van der Waals surface area contributed by atoms with Gasteiger partial charge in [0, 0.05) is 46.4 Å². The molecule has 56 heavy (non-hydrogen) atoms. The summed E-state index contributed by atoms with van der Waals surface area (Å²) in [5.41, 5.74) is 3.13. The van der Waals surface area contributed by atoms with Crippen molar-refractivity contribution in [1.82, 2.24) is 19.8 Å². The van der Waals surface area contributed by atoms with Crippen molar-refractivity contribution in [3.63, 3.8) is 0 Å². The van der Waals surface area contributed by atoms with Crippen molar-refractivity contribution in [2.45, 2.75) is 37.8 Å². The minimum Gasteiger partial charge on any atom is -0.325 e. The number of anilines is 2. The van der Waals surface area contributed by atoms with Crippen LogP contribution in [0.4, 0.5) is 11.4 Å². The van der Waals surface area contributed by atoms with Crippen LogP contribution in [0.15, 0.2) is 109 Å². The van der Waals surface area contributed by atoms with Gasteiger partial charge in [0.15, 0.2) is 0 Å². The third kappa shape index (κ3) is 7.65. The Morgan fingerprint density at radius 2 is 0.964 bits per heavy atom. The number of nitrogens with one attached hydrogen (secondary N) is 2. The van der Waals surface area contributed by atoms with Gasteiger partial charge in [-0.15, -0.1) is 0 Å². The summed E-state index contributed by atoms with van der Waals surface area (Å²) in [5, 5.41) is 9.34. The molecule has 0 radical (unpaired) electrons. The Labute approximate surface area is 332 Å². The summed E-state index contributed by atoms with van der Waals surface area (Å²) in [6, 6.07) is 31.3. The van der Waals surface area contributed by atoms with Crippen LogP contribution in [-0.2, 0) is 9.59 Å². The fourth-order valence-electron chi connectivity index (χ4n) is 7.36. The maximum absolute atomic E-state index is 13.6. The molecule has 2 N–H and O–H groups in total. The first-order chi connectivity index (χ1) is 27.2. The summed E-state index contributed by atoms with van der Waals surface area (Å²) < 4.78 is 0. The standard InChI is InChI=1S/C44H34Cl2N6O4/c45-37-25-29-7-1-3-9-33(29)39(49-37)43(55)51-23-5-11-35(51)41(53)47-31-19-15-27(16-20-31)13-14-28-17-21-32(22-18-28)48-42(54)36-12-6-24-52(36)44(56)40-34-10-4-2-8-30(34)26-38(46)50-40/h1-4,7-10,15-22,25-26,35-36H,5-6,11-12,23-24H2,(H,47,53)(H,48,54)/t35-,36+. The number of benzene rings is 4. The summed E-state index contributed by atoms with van der Waals surface area (Å²) in [6.45, 7) is 0.893. The van der Waals surface area contributed by atoms with E-state index in [1.165, 1.54) is 0 Å². The molecule has 2 aliphatic heterocycles. The summed E-state index contributed by atoms with van der Waals surface area (Å²) in [6.07, 6.45) is 2.48. The van der Waals surface area contributed by atoms with Crippen LogP contribution in [0.3, 0.4) is 0 Å². The summed E-state index contributed by atoms with van der Waals surface area (Å²) in [4.78, 5) is 65.8. The van der Waals surface area contributed by atoms with Crippen molar-refractivity contribution in [3.05, 3.63) is 142 Å². The lowest BCUT2D eigenvalue weighted by Gasteiger charge is -2.24. The van der Waals surface area contributed by atoms with E-state index in [1.807, 2.05) is 72.8 Å². The average molecular weight is 782 g/mol. The molecular formula is C44H34Cl2N6O4. The van der Waals surface area contributed by atoms with Gasteiger partial charge in [-0.25, -0.2) is 9.97 Å². The second kappa shape index (κ2) is 15.8. The van der Waals surface area contributed by atoms with E-state index in [2.05, 4.69) is 32.4 Å². The maximum Gasteiger partial charge on any atom is 0.273 e. The lowest BCUT2D eigenvalue weighted by molar-refractivity contribution is -0.120. The summed E-state index contributed by atoms with van der Waals surface area (Å²) in [7, 11) is 0. The number of amides is 4. The van der Waals surface area contributed by atoms with E-state index in [0.717, 1.165) is 21.9 Å². The molecule has 10 nitrogen and oxygen atoms in total. The second-order valence-corrected chi connectivity index (χ2v) is 14.5. The zero-order valence-electron chi connectivity index (χ0n) is 30.0. The molecule has 4 amide bonds. The van der Waals surface area contributed by atoms with E-state index in [0.29, 0.717) is 60.9 Å². The van der Waals surface area contributed by atoms with Crippen molar-refractivity contribution in [3.8, 4) is 11.8 Å². The Morgan fingerprint density at radius 1 is 0.571 bits per heavy atom. The van der Waals surface area contributed by atoms with Gasteiger partial charge in [-0.2, -0.15) is 0 Å². The van der Waals surface area contributed by atoms with Crippen molar-refractivity contribution >= 4 is 79.8 Å². The van der Waals surface area contributed by atoms with Crippen LogP contribution in [0.2, 0.25) is 10.3 Å². The summed E-state index contributed by atoms with van der Waals surface area (Å²) in [5.74, 6) is 5.07. The molecule has 4 heterocycles. The monoisotopic (exact) mass is 780 g/mol. The van der Waals surface area contributed by atoms with Gasteiger partial charge in [0.1, 0.15) is 33.8 Å². The molecule has 2 aliphatic rings. The molecule has 0 saturated carbocycles. The smallest absolute Gasteiger partial charge is 0.273 e. The number of carbonyl (C=O) groups is 4. The quantitative estimate of drug-likeness (QED) is 0.131. The Balaban J connectivity index is 0.873. The number of carbonyl (C=O) groups excluding carboxylic acids is 4. The van der Waals surface area contributed by atoms with Gasteiger partial charge in [-0.3, -0.25) is 19.2 Å². The van der Waals surface area contributed by atoms with Crippen molar-refractivity contribution in [2.75, 3.05) is 23.7 Å². The minimum absolute atomic E-state index is 0.223. The molecule has 2 atom stereocenters. The molecule has 2 aromatic heterocycles. The van der Waals surface area contributed by atoms with Crippen LogP contribution in [0, 0.1) is 11.8 Å². The Morgan fingerprint density at radius 3 is 1.38 bits per heavy atom. The molecule has 0 unspecified atom stereocenters. The molecule has 4 aromatic carbocycles. The fourth-order valence-corrected chi connectivity index (χ4v) is 7.77. The van der Waals surface area contributed by atoms with E-state index in [1.54, 1.807) is 46.2 Å². The van der Waals surface area contributed by atoms with Crippen LogP contribution >= 0.6 is 23.2 Å². The highest BCUT2D eigenvalue weighted by Crippen LogP contribution is 2.28. The number of likely N-dealkylation sites (tertiary alicyclic amines) is 2. The molecule has 0 bridgehead atoms. The fraction of sp³-hybridized carbons (Fsp3) is 0.182. The number of pyridine rings is 2. The molecule has 278 valence electrons. The van der Waals surface area contributed by atoms with Gasteiger partial charge in [0.25, 0.3) is 11.8 Å². The van der Waals surface area contributed by atoms with Gasteiger partial charge in [0.05, 0.1) is 0 Å². The Hall–Kier alpha value is -6.28. The first kappa shape index (κ1) is 36.7. The van der Waals surface area contributed by atoms with E-state index < -0.39 is 12.1 Å². The van der Waals surface area contributed by atoms with E-state index in [-0.39, 0.29) is 45.3 Å². The number of aromatic nitrogens is 2.